The molecule has 0 N–H and O–H groups in total. The topological polar surface area (TPSA) is 46.6 Å². The van der Waals surface area contributed by atoms with Crippen molar-refractivity contribution in [1.29, 1.82) is 0 Å². The number of nitrogens with zero attached hydrogens (tertiary/aromatic N) is 1. The molecule has 1 saturated heterocycles. The minimum Gasteiger partial charge on any atom is -0.439 e. The molecule has 134 valence electrons. The van der Waals surface area contributed by atoms with Crippen LogP contribution in [0.1, 0.15) is 43.6 Å². The maximum absolute atomic E-state index is 13.2. The van der Waals surface area contributed by atoms with E-state index < -0.39 is 6.09 Å². The lowest BCUT2D eigenvalue weighted by Crippen LogP contribution is -2.49. The minimum atomic E-state index is -0.521. The molecule has 0 radical (unpaired) electrons. The number of fused-ring (bicyclic) bond motifs is 3. The van der Waals surface area contributed by atoms with Crippen LogP contribution in [0.15, 0.2) is 54.6 Å². The second-order valence-corrected chi connectivity index (χ2v) is 7.86. The van der Waals surface area contributed by atoms with Crippen LogP contribution in [0, 0.1) is 5.92 Å². The molecule has 2 aliphatic rings. The highest BCUT2D eigenvalue weighted by Crippen LogP contribution is 2.52. The van der Waals surface area contributed by atoms with E-state index in [1.54, 1.807) is 0 Å². The van der Waals surface area contributed by atoms with E-state index in [9.17, 15) is 9.59 Å². The predicted octanol–water partition coefficient (Wildman–Crippen LogP) is 4.25. The third kappa shape index (κ3) is 2.44. The third-order valence-corrected chi connectivity index (χ3v) is 5.73. The zero-order valence-corrected chi connectivity index (χ0v) is 15.3. The van der Waals surface area contributed by atoms with Crippen LogP contribution in [0.4, 0.5) is 4.79 Å². The van der Waals surface area contributed by atoms with Crippen LogP contribution in [-0.4, -0.2) is 22.9 Å². The Morgan fingerprint density at radius 2 is 1.77 bits per heavy atom. The van der Waals surface area contributed by atoms with Gasteiger partial charge in [-0.1, -0.05) is 75.4 Å². The molecule has 2 amide bonds. The molecule has 0 unspecified atom stereocenters. The Kier molecular flexibility index (Phi) is 3.87. The molecule has 0 spiro atoms. The van der Waals surface area contributed by atoms with Gasteiger partial charge >= 0.3 is 6.09 Å². The van der Waals surface area contributed by atoms with Crippen molar-refractivity contribution in [1.82, 2.24) is 4.90 Å². The van der Waals surface area contributed by atoms with Crippen molar-refractivity contribution < 1.29 is 14.3 Å². The second kappa shape index (κ2) is 5.97. The van der Waals surface area contributed by atoms with Gasteiger partial charge in [-0.3, -0.25) is 4.79 Å². The van der Waals surface area contributed by atoms with Crippen LogP contribution >= 0.6 is 0 Å². The van der Waals surface area contributed by atoms with Gasteiger partial charge in [-0.05, 0) is 23.1 Å². The van der Waals surface area contributed by atoms with Crippen molar-refractivity contribution in [2.24, 2.45) is 5.92 Å². The summed E-state index contributed by atoms with van der Waals surface area (Å²) in [6.45, 7) is 6.05. The summed E-state index contributed by atoms with van der Waals surface area (Å²) in [7, 11) is 0. The Morgan fingerprint density at radius 1 is 1.12 bits per heavy atom. The van der Waals surface area contributed by atoms with Gasteiger partial charge in [0.25, 0.3) is 0 Å². The van der Waals surface area contributed by atoms with Gasteiger partial charge in [-0.2, -0.15) is 0 Å². The van der Waals surface area contributed by atoms with Gasteiger partial charge in [0.05, 0.1) is 6.04 Å². The van der Waals surface area contributed by atoms with Crippen LogP contribution < -0.4 is 0 Å². The summed E-state index contributed by atoms with van der Waals surface area (Å²) < 4.78 is 5.65. The van der Waals surface area contributed by atoms with Gasteiger partial charge < -0.3 is 4.74 Å². The van der Waals surface area contributed by atoms with Crippen LogP contribution in [0.2, 0.25) is 0 Å². The smallest absolute Gasteiger partial charge is 0.417 e. The van der Waals surface area contributed by atoms with Crippen LogP contribution in [0.3, 0.4) is 0 Å². The number of hydrogen-bond acceptors (Lipinski definition) is 3. The normalized spacial score (nSPS) is 24.0. The predicted molar refractivity (Wildman–Crippen MR) is 98.6 cm³/mol. The molecule has 0 saturated carbocycles. The fourth-order valence-corrected chi connectivity index (χ4v) is 4.42. The van der Waals surface area contributed by atoms with Crippen molar-refractivity contribution in [3.63, 3.8) is 0 Å². The molecule has 26 heavy (non-hydrogen) atoms. The minimum absolute atomic E-state index is 0.160. The Bertz CT molecular complexity index is 859. The first-order valence-electron chi connectivity index (χ1n) is 9.08. The van der Waals surface area contributed by atoms with Gasteiger partial charge in [-0.25, -0.2) is 9.69 Å². The molecule has 1 aliphatic heterocycles. The van der Waals surface area contributed by atoms with Gasteiger partial charge in [0.15, 0.2) is 6.10 Å². The van der Waals surface area contributed by atoms with Gasteiger partial charge in [0.1, 0.15) is 0 Å². The van der Waals surface area contributed by atoms with Crippen molar-refractivity contribution >= 4 is 12.0 Å². The lowest BCUT2D eigenvalue weighted by Gasteiger charge is -2.32. The molecule has 2 aromatic rings. The lowest BCUT2D eigenvalue weighted by molar-refractivity contribution is -0.133. The Labute approximate surface area is 153 Å². The van der Waals surface area contributed by atoms with E-state index in [1.165, 1.54) is 4.90 Å². The number of imide groups is 1. The molecule has 4 nitrogen and oxygen atoms in total. The van der Waals surface area contributed by atoms with Crippen molar-refractivity contribution in [2.75, 3.05) is 0 Å². The molecular formula is C22H23NO3. The van der Waals surface area contributed by atoms with E-state index in [1.807, 2.05) is 55.5 Å². The highest BCUT2D eigenvalue weighted by atomic mass is 16.6. The zero-order valence-electron chi connectivity index (χ0n) is 15.3. The van der Waals surface area contributed by atoms with Gasteiger partial charge in [0.2, 0.25) is 5.91 Å². The van der Waals surface area contributed by atoms with Gasteiger partial charge in [-0.15, -0.1) is 0 Å². The summed E-state index contributed by atoms with van der Waals surface area (Å²) in [4.78, 5) is 27.1. The average Bonchev–Trinajstić information content (AvgIpc) is 3.09. The highest BCUT2D eigenvalue weighted by Gasteiger charge is 2.59. The Morgan fingerprint density at radius 3 is 2.50 bits per heavy atom. The molecule has 4 rings (SSSR count). The SMILES string of the molecule is C[C@H](Cc1ccccc1)C(=O)N1C(=O)O[C@H]2c3ccccc3C(C)(C)[C@H]21. The fourth-order valence-electron chi connectivity index (χ4n) is 4.42. The first-order valence-corrected chi connectivity index (χ1v) is 9.08. The molecule has 4 heteroatoms. The molecular weight excluding hydrogens is 326 g/mol. The van der Waals surface area contributed by atoms with Crippen LogP contribution in [0.25, 0.3) is 0 Å². The van der Waals surface area contributed by atoms with Crippen molar-refractivity contribution in [2.45, 2.75) is 44.8 Å². The number of rotatable bonds is 3. The average molecular weight is 349 g/mol. The lowest BCUT2D eigenvalue weighted by atomic mass is 9.82. The van der Waals surface area contributed by atoms with Crippen molar-refractivity contribution in [3.05, 3.63) is 71.3 Å². The zero-order chi connectivity index (χ0) is 18.5. The number of ether oxygens (including phenoxy) is 1. The fraction of sp³-hybridized carbons (Fsp3) is 0.364. The molecule has 1 heterocycles. The van der Waals surface area contributed by atoms with E-state index in [0.717, 1.165) is 16.7 Å². The van der Waals surface area contributed by atoms with E-state index >= 15 is 0 Å². The van der Waals surface area contributed by atoms with E-state index in [4.69, 9.17) is 4.74 Å². The first kappa shape index (κ1) is 16.8. The first-order chi connectivity index (χ1) is 12.4. The third-order valence-electron chi connectivity index (χ3n) is 5.73. The number of carbonyl (C=O) groups excluding carboxylic acids is 2. The number of hydrogen-bond donors (Lipinski definition) is 0. The summed E-state index contributed by atoms with van der Waals surface area (Å²) in [5.41, 5.74) is 2.92. The summed E-state index contributed by atoms with van der Waals surface area (Å²) >= 11 is 0. The van der Waals surface area contributed by atoms with E-state index in [2.05, 4.69) is 19.9 Å². The quantitative estimate of drug-likeness (QED) is 0.832. The summed E-state index contributed by atoms with van der Waals surface area (Å²) in [5, 5.41) is 0. The number of amides is 2. The Balaban J connectivity index is 1.63. The standard InChI is InChI=1S/C22H23NO3/c1-14(13-15-9-5-4-6-10-15)20(24)23-19-18(26-21(23)25)16-11-7-8-12-17(16)22(19,2)3/h4-12,14,18-19H,13H2,1-3H3/t14-,18+,19+/m1/s1. The number of benzene rings is 2. The highest BCUT2D eigenvalue weighted by molar-refractivity contribution is 5.95. The largest absolute Gasteiger partial charge is 0.439 e. The molecule has 1 fully saturated rings. The molecule has 2 aromatic carbocycles. The monoisotopic (exact) mass is 349 g/mol. The molecule has 0 aromatic heterocycles. The molecule has 1 aliphatic carbocycles. The Hall–Kier alpha value is -2.62. The maximum Gasteiger partial charge on any atom is 0.417 e. The van der Waals surface area contributed by atoms with Gasteiger partial charge in [0, 0.05) is 11.3 Å². The van der Waals surface area contributed by atoms with Crippen LogP contribution in [-0.2, 0) is 21.4 Å². The van der Waals surface area contributed by atoms with E-state index in [-0.39, 0.29) is 29.4 Å². The molecule has 0 bridgehead atoms. The summed E-state index contributed by atoms with van der Waals surface area (Å²) in [5.74, 6) is -0.449. The molecule has 3 atom stereocenters. The maximum atomic E-state index is 13.2. The van der Waals surface area contributed by atoms with Crippen molar-refractivity contribution in [3.8, 4) is 0 Å². The van der Waals surface area contributed by atoms with E-state index in [0.29, 0.717) is 6.42 Å². The summed E-state index contributed by atoms with van der Waals surface area (Å²) in [6.07, 6.45) is -0.289. The summed E-state index contributed by atoms with van der Waals surface area (Å²) in [6, 6.07) is 17.6. The van der Waals surface area contributed by atoms with Crippen LogP contribution in [0.5, 0.6) is 0 Å². The second-order valence-electron chi connectivity index (χ2n) is 7.86. The number of carbonyl (C=O) groups is 2.